The lowest BCUT2D eigenvalue weighted by atomic mass is 9.33. The number of carbonyl (C=O) groups is 1. The Balaban J connectivity index is 1.28. The van der Waals surface area contributed by atoms with Gasteiger partial charge in [-0.1, -0.05) is 0 Å². The second-order valence-electron chi connectivity index (χ2n) is 11.8. The minimum atomic E-state index is -4.25. The molecule has 0 N–H and O–H groups in total. The van der Waals surface area contributed by atoms with Gasteiger partial charge in [-0.05, 0) is 52.0 Å². The Morgan fingerprint density at radius 3 is 2.56 bits per heavy atom. The molecule has 0 amide bonds. The predicted octanol–water partition coefficient (Wildman–Crippen LogP) is 4.60. The van der Waals surface area contributed by atoms with E-state index in [4.69, 9.17) is 19.4 Å². The van der Waals surface area contributed by atoms with Crippen LogP contribution < -0.4 is 4.90 Å². The number of hydrogen-bond acceptors (Lipinski definition) is 8. The van der Waals surface area contributed by atoms with E-state index in [1.165, 1.54) is 7.11 Å². The van der Waals surface area contributed by atoms with Crippen LogP contribution in [0, 0.1) is 12.3 Å². The SMILES string of the molecule is COC(=O)c1cc2c(C34CC(C(F)(F)F)(C3)C4)nc(N3C[C@@H](C)O[C@@H](c4cnn(C5CC5)c4)C3)nc2nc1C. The summed E-state index contributed by atoms with van der Waals surface area (Å²) in [5, 5.41) is 5.00. The van der Waals surface area contributed by atoms with E-state index >= 15 is 0 Å². The van der Waals surface area contributed by atoms with E-state index in [1.807, 2.05) is 28.9 Å². The Kier molecular flexibility index (Phi) is 5.15. The molecule has 12 heteroatoms. The van der Waals surface area contributed by atoms with Gasteiger partial charge in [0.15, 0.2) is 5.65 Å². The van der Waals surface area contributed by atoms with Crippen molar-refractivity contribution >= 4 is 23.0 Å². The van der Waals surface area contributed by atoms with Crippen LogP contribution in [0.5, 0.6) is 0 Å². The number of alkyl halides is 3. The van der Waals surface area contributed by atoms with Crippen molar-refractivity contribution in [1.82, 2.24) is 24.7 Å². The highest BCUT2D eigenvalue weighted by Gasteiger charge is 2.79. The van der Waals surface area contributed by atoms with Crippen molar-refractivity contribution < 1.29 is 27.4 Å². The summed E-state index contributed by atoms with van der Waals surface area (Å²) in [6.45, 7) is 4.67. The molecule has 0 aromatic carbocycles. The number of ether oxygens (including phenoxy) is 2. The molecule has 0 spiro atoms. The van der Waals surface area contributed by atoms with E-state index in [0.29, 0.717) is 47.5 Å². The van der Waals surface area contributed by atoms with Gasteiger partial charge >= 0.3 is 12.1 Å². The second kappa shape index (κ2) is 8.12. The number of carbonyl (C=O) groups excluding carboxylic acids is 1. The Hall–Kier alpha value is -3.28. The smallest absolute Gasteiger partial charge is 0.394 e. The monoisotopic (exact) mass is 542 g/mol. The summed E-state index contributed by atoms with van der Waals surface area (Å²) in [5.41, 5.74) is 0.212. The summed E-state index contributed by atoms with van der Waals surface area (Å²) in [6.07, 6.45) is 1.46. The molecule has 206 valence electrons. The Morgan fingerprint density at radius 2 is 1.90 bits per heavy atom. The van der Waals surface area contributed by atoms with Crippen molar-refractivity contribution in [3.63, 3.8) is 0 Å². The highest BCUT2D eigenvalue weighted by atomic mass is 19.4. The Bertz CT molecular complexity index is 1480. The zero-order valence-electron chi connectivity index (χ0n) is 22.0. The third kappa shape index (κ3) is 3.74. The fraction of sp³-hybridized carbons (Fsp3) is 0.593. The number of halogens is 3. The number of hydrogen-bond donors (Lipinski definition) is 0. The molecule has 0 unspecified atom stereocenters. The normalized spacial score (nSPS) is 30.2. The van der Waals surface area contributed by atoms with Crippen molar-refractivity contribution in [3.05, 3.63) is 41.0 Å². The van der Waals surface area contributed by atoms with E-state index in [9.17, 15) is 18.0 Å². The summed E-state index contributed by atoms with van der Waals surface area (Å²) >= 11 is 0. The van der Waals surface area contributed by atoms with Gasteiger partial charge in [-0.3, -0.25) is 4.68 Å². The number of rotatable bonds is 5. The van der Waals surface area contributed by atoms with Gasteiger partial charge in [0.25, 0.3) is 0 Å². The van der Waals surface area contributed by atoms with Gasteiger partial charge < -0.3 is 14.4 Å². The van der Waals surface area contributed by atoms with Crippen molar-refractivity contribution in [2.45, 2.75) is 75.8 Å². The number of methoxy groups -OCH3 is 1. The molecule has 2 atom stereocenters. The van der Waals surface area contributed by atoms with Gasteiger partial charge in [0.2, 0.25) is 5.95 Å². The van der Waals surface area contributed by atoms with Crippen LogP contribution in [0.3, 0.4) is 0 Å². The van der Waals surface area contributed by atoms with Crippen LogP contribution in [0.2, 0.25) is 0 Å². The molecule has 9 nitrogen and oxygen atoms in total. The molecule has 39 heavy (non-hydrogen) atoms. The first-order valence-corrected chi connectivity index (χ1v) is 13.3. The first-order chi connectivity index (χ1) is 18.5. The number of morpholine rings is 1. The van der Waals surface area contributed by atoms with Crippen LogP contribution in [0.15, 0.2) is 18.5 Å². The van der Waals surface area contributed by atoms with Crippen LogP contribution in [0.25, 0.3) is 11.0 Å². The summed E-state index contributed by atoms with van der Waals surface area (Å²) in [6, 6.07) is 2.08. The van der Waals surface area contributed by atoms with Crippen LogP contribution in [0.4, 0.5) is 19.1 Å². The fourth-order valence-corrected chi connectivity index (χ4v) is 6.69. The standard InChI is InChI=1S/C27H29F3N6O3/c1-14-8-35(10-20(39-14)16-7-31-36(9-16)17-4-5-17)24-33-21(25-11-26(12-25,13-25)27(28,29)30)19-6-18(23(37)38-3)15(2)32-22(19)34-24/h6-7,9,14,17,20H,4-5,8,10-13H2,1-3H3/t14-,20-,25?,26?/m1/s1. The highest BCUT2D eigenvalue weighted by Crippen LogP contribution is 2.78. The number of pyridine rings is 1. The molecule has 2 bridgehead atoms. The Labute approximate surface area is 222 Å². The third-order valence-corrected chi connectivity index (χ3v) is 8.86. The van der Waals surface area contributed by atoms with E-state index in [1.54, 1.807) is 13.0 Å². The molecule has 5 aliphatic rings. The van der Waals surface area contributed by atoms with Gasteiger partial charge in [-0.25, -0.2) is 14.8 Å². The quantitative estimate of drug-likeness (QED) is 0.432. The van der Waals surface area contributed by atoms with Crippen molar-refractivity contribution in [2.24, 2.45) is 5.41 Å². The van der Waals surface area contributed by atoms with Crippen molar-refractivity contribution in [2.75, 3.05) is 25.1 Å². The van der Waals surface area contributed by atoms with Gasteiger partial charge in [-0.15, -0.1) is 0 Å². The van der Waals surface area contributed by atoms with Gasteiger partial charge in [0.1, 0.15) is 6.10 Å². The number of fused-ring (bicyclic) bond motifs is 1. The molecule has 1 aliphatic heterocycles. The molecule has 3 aromatic heterocycles. The topological polar surface area (TPSA) is 95.3 Å². The molecular weight excluding hydrogens is 513 g/mol. The van der Waals surface area contributed by atoms with Crippen molar-refractivity contribution in [3.8, 4) is 0 Å². The minimum Gasteiger partial charge on any atom is -0.465 e. The third-order valence-electron chi connectivity index (χ3n) is 8.86. The van der Waals surface area contributed by atoms with E-state index in [-0.39, 0.29) is 37.0 Å². The maximum Gasteiger partial charge on any atom is 0.394 e. The van der Waals surface area contributed by atoms with Crippen LogP contribution in [0.1, 0.15) is 78.5 Å². The van der Waals surface area contributed by atoms with Crippen molar-refractivity contribution in [1.29, 1.82) is 0 Å². The van der Waals surface area contributed by atoms with Crippen LogP contribution in [-0.4, -0.2) is 63.2 Å². The number of anilines is 1. The predicted molar refractivity (Wildman–Crippen MR) is 133 cm³/mol. The second-order valence-corrected chi connectivity index (χ2v) is 11.8. The lowest BCUT2D eigenvalue weighted by Gasteiger charge is -2.70. The van der Waals surface area contributed by atoms with E-state index in [2.05, 4.69) is 10.1 Å². The molecule has 4 saturated carbocycles. The molecule has 4 aliphatic carbocycles. The zero-order chi connectivity index (χ0) is 27.3. The molecular formula is C27H29F3N6O3. The minimum absolute atomic E-state index is 0.0149. The summed E-state index contributed by atoms with van der Waals surface area (Å²) in [7, 11) is 1.28. The maximum atomic E-state index is 13.7. The summed E-state index contributed by atoms with van der Waals surface area (Å²) in [4.78, 5) is 28.7. The molecule has 0 radical (unpaired) electrons. The maximum absolute atomic E-state index is 13.7. The lowest BCUT2D eigenvalue weighted by molar-refractivity contribution is -0.337. The zero-order valence-corrected chi connectivity index (χ0v) is 22.0. The average molecular weight is 543 g/mol. The van der Waals surface area contributed by atoms with E-state index in [0.717, 1.165) is 18.4 Å². The molecule has 5 fully saturated rings. The van der Waals surface area contributed by atoms with Crippen LogP contribution >= 0.6 is 0 Å². The average Bonchev–Trinajstić information content (AvgIpc) is 3.56. The number of aromatic nitrogens is 5. The summed E-state index contributed by atoms with van der Waals surface area (Å²) < 4.78 is 54.3. The summed E-state index contributed by atoms with van der Waals surface area (Å²) in [5.74, 6) is -0.145. The van der Waals surface area contributed by atoms with E-state index < -0.39 is 23.0 Å². The molecule has 8 rings (SSSR count). The molecule has 1 saturated heterocycles. The largest absolute Gasteiger partial charge is 0.465 e. The van der Waals surface area contributed by atoms with Gasteiger partial charge in [-0.2, -0.15) is 23.3 Å². The molecule has 4 heterocycles. The first kappa shape index (κ1) is 24.7. The lowest BCUT2D eigenvalue weighted by Crippen LogP contribution is -2.70. The molecule has 3 aromatic rings. The highest BCUT2D eigenvalue weighted by molar-refractivity contribution is 5.95. The van der Waals surface area contributed by atoms with Gasteiger partial charge in [0.05, 0.1) is 54.4 Å². The number of esters is 1. The van der Waals surface area contributed by atoms with Gasteiger partial charge in [0, 0.05) is 29.1 Å². The Morgan fingerprint density at radius 1 is 1.15 bits per heavy atom. The fourth-order valence-electron chi connectivity index (χ4n) is 6.69. The number of aryl methyl sites for hydroxylation is 1. The number of nitrogens with zero attached hydrogens (tertiary/aromatic N) is 6. The first-order valence-electron chi connectivity index (χ1n) is 13.3. The van der Waals surface area contributed by atoms with Crippen LogP contribution in [-0.2, 0) is 14.9 Å².